The average Bonchev–Trinajstić information content (AvgIpc) is 2.84. The number of hydrogen-bond donors (Lipinski definition) is 1. The van der Waals surface area contributed by atoms with Crippen LogP contribution in [0.25, 0.3) is 0 Å². The van der Waals surface area contributed by atoms with Crippen molar-refractivity contribution < 1.29 is 23.8 Å². The Morgan fingerprint density at radius 2 is 1.76 bits per heavy atom. The fourth-order valence-electron chi connectivity index (χ4n) is 2.39. The van der Waals surface area contributed by atoms with Crippen LogP contribution in [0.15, 0.2) is 18.2 Å². The maximum atomic E-state index is 12.3. The summed E-state index contributed by atoms with van der Waals surface area (Å²) in [6.07, 6.45) is 0. The quantitative estimate of drug-likeness (QED) is 0.802. The summed E-state index contributed by atoms with van der Waals surface area (Å²) in [5.74, 6) is -0.544. The van der Waals surface area contributed by atoms with Crippen LogP contribution in [0, 0.1) is 13.8 Å². The summed E-state index contributed by atoms with van der Waals surface area (Å²) in [6.45, 7) is 3.18. The smallest absolute Gasteiger partial charge is 0.346 e. The van der Waals surface area contributed by atoms with E-state index < -0.39 is 18.5 Å². The molecule has 0 aliphatic carbocycles. The molecule has 0 saturated heterocycles. The van der Waals surface area contributed by atoms with Crippen molar-refractivity contribution in [3.63, 3.8) is 0 Å². The van der Waals surface area contributed by atoms with Crippen LogP contribution in [0.3, 0.4) is 0 Å². The van der Waals surface area contributed by atoms with Crippen molar-refractivity contribution in [2.45, 2.75) is 13.8 Å². The Morgan fingerprint density at radius 3 is 2.24 bits per heavy atom. The number of carbonyl (C=O) groups excluding carboxylic acids is 2. The third-order valence-corrected chi connectivity index (χ3v) is 3.74. The van der Waals surface area contributed by atoms with E-state index in [1.807, 2.05) is 6.92 Å². The normalized spacial score (nSPS) is 10.3. The Kier molecular flexibility index (Phi) is 5.63. The Hall–Kier alpha value is -3.03. The van der Waals surface area contributed by atoms with Crippen molar-refractivity contribution in [2.75, 3.05) is 26.1 Å². The lowest BCUT2D eigenvalue weighted by Crippen LogP contribution is -2.22. The SMILES string of the molecule is COc1cccc(OC)c1C(=O)OCC(=O)Nc1c(C)nn(C)c1C. The predicted octanol–water partition coefficient (Wildman–Crippen LogP) is 1.85. The van der Waals surface area contributed by atoms with Gasteiger partial charge in [0, 0.05) is 7.05 Å². The second-order valence-corrected chi connectivity index (χ2v) is 5.33. The van der Waals surface area contributed by atoms with Crippen molar-refractivity contribution >= 4 is 17.6 Å². The van der Waals surface area contributed by atoms with Crippen LogP contribution in [-0.2, 0) is 16.6 Å². The number of anilines is 1. The number of methoxy groups -OCH3 is 2. The van der Waals surface area contributed by atoms with Gasteiger partial charge in [-0.15, -0.1) is 0 Å². The molecule has 2 aromatic rings. The zero-order valence-electron chi connectivity index (χ0n) is 14.9. The van der Waals surface area contributed by atoms with Gasteiger partial charge in [-0.1, -0.05) is 6.07 Å². The van der Waals surface area contributed by atoms with Crippen LogP contribution < -0.4 is 14.8 Å². The summed E-state index contributed by atoms with van der Waals surface area (Å²) in [5, 5.41) is 6.91. The van der Waals surface area contributed by atoms with Crippen LogP contribution in [0.4, 0.5) is 5.69 Å². The summed E-state index contributed by atoms with van der Waals surface area (Å²) in [6, 6.07) is 4.91. The molecule has 8 heteroatoms. The highest BCUT2D eigenvalue weighted by Gasteiger charge is 2.21. The molecule has 1 N–H and O–H groups in total. The molecule has 0 atom stereocenters. The number of amides is 1. The fourth-order valence-corrected chi connectivity index (χ4v) is 2.39. The lowest BCUT2D eigenvalue weighted by atomic mass is 10.2. The number of aryl methyl sites for hydroxylation is 2. The molecule has 1 amide bonds. The number of carbonyl (C=O) groups is 2. The number of benzene rings is 1. The van der Waals surface area contributed by atoms with Crippen LogP contribution in [0.5, 0.6) is 11.5 Å². The van der Waals surface area contributed by atoms with Crippen molar-refractivity contribution in [1.29, 1.82) is 0 Å². The van der Waals surface area contributed by atoms with Gasteiger partial charge in [0.05, 0.1) is 31.3 Å². The molecule has 0 bridgehead atoms. The summed E-state index contributed by atoms with van der Waals surface area (Å²) in [5.41, 5.74) is 2.24. The molecule has 134 valence electrons. The summed E-state index contributed by atoms with van der Waals surface area (Å²) in [7, 11) is 4.66. The third kappa shape index (κ3) is 3.90. The molecule has 1 aromatic heterocycles. The number of nitrogens with one attached hydrogen (secondary N) is 1. The van der Waals surface area contributed by atoms with Gasteiger partial charge in [0.1, 0.15) is 17.1 Å². The zero-order valence-corrected chi connectivity index (χ0v) is 14.9. The van der Waals surface area contributed by atoms with E-state index in [-0.39, 0.29) is 5.56 Å². The van der Waals surface area contributed by atoms with Crippen LogP contribution in [0.2, 0.25) is 0 Å². The first-order valence-corrected chi connectivity index (χ1v) is 7.57. The summed E-state index contributed by atoms with van der Waals surface area (Å²) in [4.78, 5) is 24.4. The van der Waals surface area contributed by atoms with Crippen molar-refractivity contribution in [3.05, 3.63) is 35.2 Å². The van der Waals surface area contributed by atoms with Gasteiger partial charge in [-0.2, -0.15) is 5.10 Å². The van der Waals surface area contributed by atoms with E-state index in [0.717, 1.165) is 5.69 Å². The molecule has 0 aliphatic heterocycles. The molecule has 25 heavy (non-hydrogen) atoms. The Bertz CT molecular complexity index is 776. The van der Waals surface area contributed by atoms with Gasteiger partial charge in [-0.25, -0.2) is 4.79 Å². The molecule has 1 heterocycles. The minimum absolute atomic E-state index is 0.133. The highest BCUT2D eigenvalue weighted by Crippen LogP contribution is 2.28. The molecule has 0 unspecified atom stereocenters. The minimum Gasteiger partial charge on any atom is -0.496 e. The lowest BCUT2D eigenvalue weighted by Gasteiger charge is -2.12. The van der Waals surface area contributed by atoms with Gasteiger partial charge >= 0.3 is 5.97 Å². The predicted molar refractivity (Wildman–Crippen MR) is 91.1 cm³/mol. The lowest BCUT2D eigenvalue weighted by molar-refractivity contribution is -0.119. The van der Waals surface area contributed by atoms with E-state index >= 15 is 0 Å². The number of hydrogen-bond acceptors (Lipinski definition) is 6. The Balaban J connectivity index is 2.06. The molecule has 0 fully saturated rings. The second-order valence-electron chi connectivity index (χ2n) is 5.33. The Labute approximate surface area is 145 Å². The first kappa shape index (κ1) is 18.3. The molecule has 0 aliphatic rings. The third-order valence-electron chi connectivity index (χ3n) is 3.74. The molecule has 1 aromatic carbocycles. The molecule has 2 rings (SSSR count). The number of esters is 1. The van der Waals surface area contributed by atoms with E-state index in [2.05, 4.69) is 10.4 Å². The minimum atomic E-state index is -0.705. The average molecular weight is 347 g/mol. The molecule has 0 saturated carbocycles. The molecule has 0 radical (unpaired) electrons. The first-order chi connectivity index (χ1) is 11.9. The largest absolute Gasteiger partial charge is 0.496 e. The number of nitrogens with zero attached hydrogens (tertiary/aromatic N) is 2. The van der Waals surface area contributed by atoms with Crippen LogP contribution in [-0.4, -0.2) is 42.5 Å². The molecule has 0 spiro atoms. The van der Waals surface area contributed by atoms with E-state index in [4.69, 9.17) is 14.2 Å². The number of aromatic nitrogens is 2. The number of ether oxygens (including phenoxy) is 3. The zero-order chi connectivity index (χ0) is 18.6. The standard InChI is InChI=1S/C17H21N3O5/c1-10-16(11(2)20(3)19-10)18-14(21)9-25-17(22)15-12(23-4)7-6-8-13(15)24-5/h6-8H,9H2,1-5H3,(H,18,21). The van der Waals surface area contributed by atoms with Crippen LogP contribution >= 0.6 is 0 Å². The van der Waals surface area contributed by atoms with Crippen molar-refractivity contribution in [3.8, 4) is 11.5 Å². The monoisotopic (exact) mass is 347 g/mol. The van der Waals surface area contributed by atoms with Gasteiger partial charge in [-0.05, 0) is 26.0 Å². The fraction of sp³-hybridized carbons (Fsp3) is 0.353. The van der Waals surface area contributed by atoms with Gasteiger partial charge in [-0.3, -0.25) is 9.48 Å². The van der Waals surface area contributed by atoms with Crippen molar-refractivity contribution in [2.24, 2.45) is 7.05 Å². The van der Waals surface area contributed by atoms with E-state index in [0.29, 0.717) is 22.9 Å². The molecular formula is C17H21N3O5. The highest BCUT2D eigenvalue weighted by atomic mass is 16.5. The second kappa shape index (κ2) is 7.69. The first-order valence-electron chi connectivity index (χ1n) is 7.57. The van der Waals surface area contributed by atoms with E-state index in [1.54, 1.807) is 36.9 Å². The molecular weight excluding hydrogens is 326 g/mol. The van der Waals surface area contributed by atoms with Crippen molar-refractivity contribution in [1.82, 2.24) is 9.78 Å². The molecule has 8 nitrogen and oxygen atoms in total. The van der Waals surface area contributed by atoms with Crippen LogP contribution in [0.1, 0.15) is 21.7 Å². The maximum absolute atomic E-state index is 12.3. The summed E-state index contributed by atoms with van der Waals surface area (Å²) < 4.78 is 17.1. The maximum Gasteiger partial charge on any atom is 0.346 e. The van der Waals surface area contributed by atoms with E-state index in [1.165, 1.54) is 14.2 Å². The van der Waals surface area contributed by atoms with Gasteiger partial charge < -0.3 is 19.5 Å². The number of rotatable bonds is 6. The highest BCUT2D eigenvalue weighted by molar-refractivity contribution is 5.98. The Morgan fingerprint density at radius 1 is 1.16 bits per heavy atom. The van der Waals surface area contributed by atoms with E-state index in [9.17, 15) is 9.59 Å². The van der Waals surface area contributed by atoms with Gasteiger partial charge in [0.15, 0.2) is 6.61 Å². The van der Waals surface area contributed by atoms with Gasteiger partial charge in [0.25, 0.3) is 5.91 Å². The van der Waals surface area contributed by atoms with Gasteiger partial charge in [0.2, 0.25) is 0 Å². The topological polar surface area (TPSA) is 91.7 Å². The summed E-state index contributed by atoms with van der Waals surface area (Å²) >= 11 is 0.